The number of anilines is 1. The molecular formula is C27H36ClN3O5. The number of benzene rings is 2. The summed E-state index contributed by atoms with van der Waals surface area (Å²) in [5, 5.41) is 0.498. The van der Waals surface area contributed by atoms with Gasteiger partial charge in [-0.25, -0.2) is 0 Å². The van der Waals surface area contributed by atoms with Crippen LogP contribution in [0, 0.1) is 5.41 Å². The van der Waals surface area contributed by atoms with E-state index in [1.165, 1.54) is 11.8 Å². The lowest BCUT2D eigenvalue weighted by atomic mass is 9.94. The van der Waals surface area contributed by atoms with Gasteiger partial charge in [0.15, 0.2) is 11.5 Å². The molecule has 0 aliphatic carbocycles. The number of ether oxygens (including phenoxy) is 3. The zero-order valence-corrected chi connectivity index (χ0v) is 22.6. The van der Waals surface area contributed by atoms with Crippen molar-refractivity contribution in [3.05, 3.63) is 52.5 Å². The molecular weight excluding hydrogens is 482 g/mol. The number of rotatable bonds is 8. The highest BCUT2D eigenvalue weighted by Crippen LogP contribution is 2.45. The van der Waals surface area contributed by atoms with Gasteiger partial charge in [0, 0.05) is 36.2 Å². The maximum absolute atomic E-state index is 14.1. The fraction of sp³-hybridized carbons (Fsp3) is 0.481. The van der Waals surface area contributed by atoms with Crippen LogP contribution in [-0.2, 0) is 14.3 Å². The number of para-hydroxylation sites is 1. The summed E-state index contributed by atoms with van der Waals surface area (Å²) in [5.41, 5.74) is 7.51. The number of methoxy groups -OCH3 is 2. The largest absolute Gasteiger partial charge is 0.493 e. The van der Waals surface area contributed by atoms with E-state index >= 15 is 0 Å². The van der Waals surface area contributed by atoms with Crippen LogP contribution in [0.2, 0.25) is 5.02 Å². The molecule has 1 heterocycles. The van der Waals surface area contributed by atoms with Crippen LogP contribution < -0.4 is 20.1 Å². The van der Waals surface area contributed by atoms with E-state index in [9.17, 15) is 9.59 Å². The molecule has 0 unspecified atom stereocenters. The van der Waals surface area contributed by atoms with Gasteiger partial charge >= 0.3 is 0 Å². The van der Waals surface area contributed by atoms with Crippen molar-refractivity contribution in [2.45, 2.75) is 46.4 Å². The van der Waals surface area contributed by atoms with Gasteiger partial charge in [0.1, 0.15) is 6.10 Å². The normalized spacial score (nSPS) is 17.9. The lowest BCUT2D eigenvalue weighted by molar-refractivity contribution is -0.161. The molecule has 0 fully saturated rings. The summed E-state index contributed by atoms with van der Waals surface area (Å²) >= 11 is 6.46. The summed E-state index contributed by atoms with van der Waals surface area (Å²) in [6.07, 6.45) is -1.43. The van der Waals surface area contributed by atoms with E-state index in [2.05, 4.69) is 20.8 Å². The van der Waals surface area contributed by atoms with Gasteiger partial charge in [0.05, 0.1) is 19.9 Å². The fourth-order valence-corrected chi connectivity index (χ4v) is 4.58. The van der Waals surface area contributed by atoms with E-state index < -0.39 is 12.3 Å². The lowest BCUT2D eigenvalue weighted by Gasteiger charge is -2.35. The van der Waals surface area contributed by atoms with Gasteiger partial charge in [-0.3, -0.25) is 9.59 Å². The zero-order valence-electron chi connectivity index (χ0n) is 21.8. The first kappa shape index (κ1) is 27.8. The minimum Gasteiger partial charge on any atom is -0.493 e. The van der Waals surface area contributed by atoms with Crippen LogP contribution in [0.4, 0.5) is 5.69 Å². The minimum atomic E-state index is -1.18. The molecule has 196 valence electrons. The molecule has 0 saturated heterocycles. The van der Waals surface area contributed by atoms with E-state index in [4.69, 9.17) is 31.5 Å². The molecule has 8 nitrogen and oxygen atoms in total. The van der Waals surface area contributed by atoms with Crippen molar-refractivity contribution >= 4 is 29.1 Å². The number of carbonyl (C=O) groups excluding carboxylic acids is 2. The summed E-state index contributed by atoms with van der Waals surface area (Å²) in [4.78, 5) is 30.0. The molecule has 0 radical (unpaired) electrons. The van der Waals surface area contributed by atoms with Gasteiger partial charge in [-0.05, 0) is 42.6 Å². The standard InChI is InChI=1S/C27H36ClN3O5/c1-17(32)30(14-8-13-29)26-25(33)31(16-27(2,3)4)21-12-11-18(28)15-20(21)23(36-26)19-9-7-10-22(34-5)24(19)35-6/h7,9-12,15,23,26H,8,13-14,16,29H2,1-6H3/t23-,26-/m1/s1. The molecule has 9 heteroatoms. The van der Waals surface area contributed by atoms with Gasteiger partial charge in [-0.1, -0.05) is 44.5 Å². The predicted octanol–water partition coefficient (Wildman–Crippen LogP) is 4.38. The van der Waals surface area contributed by atoms with Crippen LogP contribution >= 0.6 is 11.6 Å². The van der Waals surface area contributed by atoms with Crippen molar-refractivity contribution in [2.75, 3.05) is 38.8 Å². The predicted molar refractivity (Wildman–Crippen MR) is 141 cm³/mol. The maximum atomic E-state index is 14.1. The van der Waals surface area contributed by atoms with E-state index in [-0.39, 0.29) is 23.8 Å². The molecule has 1 aliphatic heterocycles. The van der Waals surface area contributed by atoms with E-state index in [0.717, 1.165) is 0 Å². The minimum absolute atomic E-state index is 0.233. The van der Waals surface area contributed by atoms with Crippen molar-refractivity contribution in [2.24, 2.45) is 11.1 Å². The topological polar surface area (TPSA) is 94.3 Å². The first-order chi connectivity index (χ1) is 17.0. The van der Waals surface area contributed by atoms with E-state index in [1.54, 1.807) is 37.3 Å². The zero-order chi connectivity index (χ0) is 26.6. The van der Waals surface area contributed by atoms with Gasteiger partial charge in [0.25, 0.3) is 5.91 Å². The van der Waals surface area contributed by atoms with Gasteiger partial charge in [-0.2, -0.15) is 0 Å². The number of fused-ring (bicyclic) bond motifs is 1. The van der Waals surface area contributed by atoms with Crippen LogP contribution in [0.5, 0.6) is 11.5 Å². The molecule has 2 aromatic carbocycles. The second kappa shape index (κ2) is 11.5. The third-order valence-corrected chi connectivity index (χ3v) is 6.18. The Balaban J connectivity index is 2.30. The quantitative estimate of drug-likeness (QED) is 0.558. The van der Waals surface area contributed by atoms with Gasteiger partial charge in [-0.15, -0.1) is 0 Å². The maximum Gasteiger partial charge on any atom is 0.277 e. The monoisotopic (exact) mass is 517 g/mol. The molecule has 0 bridgehead atoms. The SMILES string of the molecule is COc1cccc([C@H]2O[C@@H](N(CCCN)C(C)=O)C(=O)N(CC(C)(C)C)c3ccc(Cl)cc32)c1OC. The third-order valence-electron chi connectivity index (χ3n) is 5.94. The van der Waals surface area contributed by atoms with Crippen molar-refractivity contribution in [3.8, 4) is 11.5 Å². The van der Waals surface area contributed by atoms with Gasteiger partial charge in [0.2, 0.25) is 12.1 Å². The van der Waals surface area contributed by atoms with Crippen molar-refractivity contribution < 1.29 is 23.8 Å². The Labute approximate surface area is 218 Å². The van der Waals surface area contributed by atoms with Crippen molar-refractivity contribution in [1.29, 1.82) is 0 Å². The number of nitrogens with zero attached hydrogens (tertiary/aromatic N) is 2. The number of carbonyl (C=O) groups is 2. The van der Waals surface area contributed by atoms with Crippen LogP contribution in [-0.4, -0.2) is 56.8 Å². The number of amides is 2. The Morgan fingerprint density at radius 3 is 2.47 bits per heavy atom. The summed E-state index contributed by atoms with van der Waals surface area (Å²) in [5.74, 6) is 0.387. The molecule has 2 atom stereocenters. The Morgan fingerprint density at radius 2 is 1.89 bits per heavy atom. The number of halogens is 1. The molecule has 36 heavy (non-hydrogen) atoms. The molecule has 1 aliphatic rings. The Hall–Kier alpha value is -2.81. The Morgan fingerprint density at radius 1 is 1.17 bits per heavy atom. The number of hydrogen-bond donors (Lipinski definition) is 1. The van der Waals surface area contributed by atoms with Crippen molar-refractivity contribution in [3.63, 3.8) is 0 Å². The molecule has 2 N–H and O–H groups in total. The molecule has 2 aromatic rings. The first-order valence-electron chi connectivity index (χ1n) is 12.0. The molecule has 0 saturated carbocycles. The number of hydrogen-bond acceptors (Lipinski definition) is 6. The summed E-state index contributed by atoms with van der Waals surface area (Å²) in [6.45, 7) is 8.65. The molecule has 2 amide bonds. The Bertz CT molecular complexity index is 1100. The highest BCUT2D eigenvalue weighted by molar-refractivity contribution is 6.30. The smallest absolute Gasteiger partial charge is 0.277 e. The fourth-order valence-electron chi connectivity index (χ4n) is 4.40. The van der Waals surface area contributed by atoms with Gasteiger partial charge < -0.3 is 29.7 Å². The highest BCUT2D eigenvalue weighted by Gasteiger charge is 2.42. The summed E-state index contributed by atoms with van der Waals surface area (Å²) in [7, 11) is 3.11. The molecule has 0 spiro atoms. The van der Waals surface area contributed by atoms with Crippen LogP contribution in [0.25, 0.3) is 0 Å². The highest BCUT2D eigenvalue weighted by atomic mass is 35.5. The summed E-state index contributed by atoms with van der Waals surface area (Å²) in [6, 6.07) is 10.8. The lowest BCUT2D eigenvalue weighted by Crippen LogP contribution is -2.53. The molecule has 0 aromatic heterocycles. The average Bonchev–Trinajstić information content (AvgIpc) is 2.93. The van der Waals surface area contributed by atoms with Crippen LogP contribution in [0.15, 0.2) is 36.4 Å². The first-order valence-corrected chi connectivity index (χ1v) is 12.3. The average molecular weight is 518 g/mol. The number of nitrogens with two attached hydrogens (primary N) is 1. The summed E-state index contributed by atoms with van der Waals surface area (Å²) < 4.78 is 17.8. The molecule has 3 rings (SSSR count). The van der Waals surface area contributed by atoms with Crippen molar-refractivity contribution in [1.82, 2.24) is 4.90 Å². The van der Waals surface area contributed by atoms with E-state index in [1.807, 2.05) is 18.2 Å². The second-order valence-corrected chi connectivity index (χ2v) is 10.4. The third kappa shape index (κ3) is 5.94. The van der Waals surface area contributed by atoms with Crippen LogP contribution in [0.1, 0.15) is 51.3 Å². The second-order valence-electron chi connectivity index (χ2n) is 9.99. The van der Waals surface area contributed by atoms with E-state index in [0.29, 0.717) is 52.8 Å². The van der Waals surface area contributed by atoms with Crippen LogP contribution in [0.3, 0.4) is 0 Å². The Kier molecular flexibility index (Phi) is 8.87.